The lowest BCUT2D eigenvalue weighted by Crippen LogP contribution is -2.50. The number of carbonyl (C=O) groups excluding carboxylic acids is 2. The largest absolute Gasteiger partial charge is 0.471 e. The van der Waals surface area contributed by atoms with Gasteiger partial charge in [-0.3, -0.25) is 4.79 Å². The molecule has 0 aromatic heterocycles. The average Bonchev–Trinajstić information content (AvgIpc) is 2.79. The third-order valence-corrected chi connectivity index (χ3v) is 4.53. The second-order valence-electron chi connectivity index (χ2n) is 6.03. The number of rotatable bonds is 2. The minimum Gasteiger partial charge on any atom is -0.467 e. The van der Waals surface area contributed by atoms with Crippen molar-refractivity contribution in [3.8, 4) is 0 Å². The van der Waals surface area contributed by atoms with Crippen LogP contribution in [0.2, 0.25) is 0 Å². The van der Waals surface area contributed by atoms with E-state index in [0.717, 1.165) is 16.8 Å². The van der Waals surface area contributed by atoms with Crippen molar-refractivity contribution >= 4 is 17.6 Å². The highest BCUT2D eigenvalue weighted by Gasteiger charge is 2.43. The fraction of sp³-hybridized carbons (Fsp3) is 0.500. The van der Waals surface area contributed by atoms with E-state index in [0.29, 0.717) is 19.3 Å². The molecule has 3 rings (SSSR count). The molecule has 2 heterocycles. The average molecular weight is 342 g/mol. The van der Waals surface area contributed by atoms with E-state index in [9.17, 15) is 22.8 Å². The summed E-state index contributed by atoms with van der Waals surface area (Å²) in [6.45, 7) is 0.144. The number of hydrogen-bond acceptors (Lipinski definition) is 4. The van der Waals surface area contributed by atoms with Gasteiger partial charge in [0.1, 0.15) is 6.04 Å². The molecule has 0 bridgehead atoms. The van der Waals surface area contributed by atoms with Gasteiger partial charge in [-0.2, -0.15) is 13.2 Å². The number of nitrogens with one attached hydrogen (secondary N) is 1. The number of nitrogens with zero attached hydrogens (tertiary/aromatic N) is 1. The molecule has 0 unspecified atom stereocenters. The number of amides is 1. The first-order chi connectivity index (χ1) is 11.3. The van der Waals surface area contributed by atoms with E-state index >= 15 is 0 Å². The Balaban J connectivity index is 1.88. The topological polar surface area (TPSA) is 58.6 Å². The highest BCUT2D eigenvalue weighted by molar-refractivity contribution is 5.85. The minimum atomic E-state index is -4.92. The van der Waals surface area contributed by atoms with Gasteiger partial charge < -0.3 is 15.0 Å². The Bertz CT molecular complexity index is 675. The highest BCUT2D eigenvalue weighted by atomic mass is 19.4. The summed E-state index contributed by atoms with van der Waals surface area (Å²) < 4.78 is 42.4. The fourth-order valence-corrected chi connectivity index (χ4v) is 3.46. The van der Waals surface area contributed by atoms with Gasteiger partial charge in [-0.05, 0) is 24.0 Å². The number of anilines is 1. The van der Waals surface area contributed by atoms with E-state index in [2.05, 4.69) is 0 Å². The Hall–Kier alpha value is -2.25. The van der Waals surface area contributed by atoms with Crippen molar-refractivity contribution < 1.29 is 27.5 Å². The van der Waals surface area contributed by atoms with E-state index in [1.807, 2.05) is 23.5 Å². The zero-order chi connectivity index (χ0) is 17.5. The molecule has 2 atom stereocenters. The second kappa shape index (κ2) is 5.99. The van der Waals surface area contributed by atoms with Gasteiger partial charge in [0.25, 0.3) is 0 Å². The van der Waals surface area contributed by atoms with E-state index in [1.165, 1.54) is 7.11 Å². The Kier molecular flexibility index (Phi) is 4.15. The Labute approximate surface area is 136 Å². The lowest BCUT2D eigenvalue weighted by atomic mass is 10.0. The lowest BCUT2D eigenvalue weighted by Gasteiger charge is -2.29. The molecule has 0 fully saturated rings. The van der Waals surface area contributed by atoms with Crippen LogP contribution in [-0.2, 0) is 27.2 Å². The number of ether oxygens (including phenoxy) is 1. The maximum Gasteiger partial charge on any atom is 0.471 e. The fourth-order valence-electron chi connectivity index (χ4n) is 3.46. The molecule has 0 saturated carbocycles. The van der Waals surface area contributed by atoms with Gasteiger partial charge in [0, 0.05) is 24.7 Å². The zero-order valence-corrected chi connectivity index (χ0v) is 13.0. The maximum absolute atomic E-state index is 12.5. The van der Waals surface area contributed by atoms with Crippen molar-refractivity contribution in [2.45, 2.75) is 37.5 Å². The molecule has 2 aliphatic rings. The summed E-state index contributed by atoms with van der Waals surface area (Å²) in [5.41, 5.74) is 2.84. The number of aryl methyl sites for hydroxylation is 1. The summed E-state index contributed by atoms with van der Waals surface area (Å²) in [6, 6.07) is 4.42. The molecule has 1 amide bonds. The van der Waals surface area contributed by atoms with Crippen molar-refractivity contribution in [3.63, 3.8) is 0 Å². The van der Waals surface area contributed by atoms with Crippen LogP contribution >= 0.6 is 0 Å². The number of hydrogen-bond donors (Lipinski definition) is 1. The summed E-state index contributed by atoms with van der Waals surface area (Å²) in [6.07, 6.45) is -3.55. The SMILES string of the molecule is COC(=O)[C@@H]1Cc2cccc3c2N1C[C@H](NC(=O)C(F)(F)F)CC3. The van der Waals surface area contributed by atoms with Crippen molar-refractivity contribution in [2.75, 3.05) is 18.6 Å². The first-order valence-electron chi connectivity index (χ1n) is 7.64. The summed E-state index contributed by atoms with van der Waals surface area (Å²) in [7, 11) is 1.28. The van der Waals surface area contributed by atoms with E-state index < -0.39 is 30.1 Å². The monoisotopic (exact) mass is 342 g/mol. The van der Waals surface area contributed by atoms with Gasteiger partial charge in [-0.1, -0.05) is 18.2 Å². The molecule has 130 valence electrons. The van der Waals surface area contributed by atoms with Crippen molar-refractivity contribution in [2.24, 2.45) is 0 Å². The number of carbonyl (C=O) groups is 2. The molecular weight excluding hydrogens is 325 g/mol. The van der Waals surface area contributed by atoms with Gasteiger partial charge in [-0.25, -0.2) is 4.79 Å². The standard InChI is InChI=1S/C16H17F3N2O3/c1-24-14(22)12-7-10-4-2-3-9-5-6-11(8-21(12)13(9)10)20-15(23)16(17,18)19/h2-4,11-12H,5-8H2,1H3,(H,20,23)/t11-,12+/m1/s1. The Morgan fingerprint density at radius 1 is 1.29 bits per heavy atom. The maximum atomic E-state index is 12.5. The van der Waals surface area contributed by atoms with Crippen molar-refractivity contribution in [1.82, 2.24) is 5.32 Å². The molecular formula is C16H17F3N2O3. The molecule has 1 aromatic carbocycles. The van der Waals surface area contributed by atoms with Crippen molar-refractivity contribution in [3.05, 3.63) is 29.3 Å². The quantitative estimate of drug-likeness (QED) is 0.829. The molecule has 8 heteroatoms. The Morgan fingerprint density at radius 3 is 2.67 bits per heavy atom. The molecule has 0 radical (unpaired) electrons. The first-order valence-corrected chi connectivity index (χ1v) is 7.64. The van der Waals surface area contributed by atoms with Crippen LogP contribution in [0, 0.1) is 0 Å². The van der Waals surface area contributed by atoms with Crippen LogP contribution in [0.25, 0.3) is 0 Å². The molecule has 24 heavy (non-hydrogen) atoms. The predicted molar refractivity (Wildman–Crippen MR) is 79.6 cm³/mol. The minimum absolute atomic E-state index is 0.144. The Morgan fingerprint density at radius 2 is 2.00 bits per heavy atom. The number of halogens is 3. The summed E-state index contributed by atoms with van der Waals surface area (Å²) in [4.78, 5) is 25.1. The van der Waals surface area contributed by atoms with Crippen LogP contribution in [0.5, 0.6) is 0 Å². The molecule has 0 spiro atoms. The van der Waals surface area contributed by atoms with Gasteiger partial charge in [-0.15, -0.1) is 0 Å². The normalized spacial score (nSPS) is 22.6. The number of methoxy groups -OCH3 is 1. The molecule has 0 aliphatic carbocycles. The van der Waals surface area contributed by atoms with E-state index in [4.69, 9.17) is 4.74 Å². The molecule has 0 saturated heterocycles. The van der Waals surface area contributed by atoms with Crippen LogP contribution in [0.4, 0.5) is 18.9 Å². The van der Waals surface area contributed by atoms with Crippen LogP contribution in [0.15, 0.2) is 18.2 Å². The van der Waals surface area contributed by atoms with Gasteiger partial charge in [0.05, 0.1) is 7.11 Å². The molecule has 5 nitrogen and oxygen atoms in total. The van der Waals surface area contributed by atoms with Crippen molar-refractivity contribution in [1.29, 1.82) is 0 Å². The number of alkyl halides is 3. The van der Waals surface area contributed by atoms with E-state index in [1.54, 1.807) is 4.90 Å². The number of benzene rings is 1. The zero-order valence-electron chi connectivity index (χ0n) is 13.0. The predicted octanol–water partition coefficient (Wildman–Crippen LogP) is 1.58. The number of para-hydroxylation sites is 1. The van der Waals surface area contributed by atoms with Gasteiger partial charge in [0.15, 0.2) is 0 Å². The third-order valence-electron chi connectivity index (χ3n) is 4.53. The van der Waals surface area contributed by atoms with Crippen LogP contribution < -0.4 is 10.2 Å². The summed E-state index contributed by atoms with van der Waals surface area (Å²) in [5.74, 6) is -2.38. The van der Waals surface area contributed by atoms with Crippen LogP contribution in [-0.4, -0.2) is 43.8 Å². The van der Waals surface area contributed by atoms with Gasteiger partial charge >= 0.3 is 18.1 Å². The van der Waals surface area contributed by atoms with Gasteiger partial charge in [0.2, 0.25) is 0 Å². The third kappa shape index (κ3) is 2.92. The molecule has 1 aromatic rings. The van der Waals surface area contributed by atoms with E-state index in [-0.39, 0.29) is 6.54 Å². The summed E-state index contributed by atoms with van der Waals surface area (Å²) >= 11 is 0. The van der Waals surface area contributed by atoms with Crippen LogP contribution in [0.3, 0.4) is 0 Å². The highest BCUT2D eigenvalue weighted by Crippen LogP contribution is 2.38. The van der Waals surface area contributed by atoms with Crippen LogP contribution in [0.1, 0.15) is 17.5 Å². The smallest absolute Gasteiger partial charge is 0.467 e. The first kappa shape index (κ1) is 16.6. The molecule has 2 aliphatic heterocycles. The number of esters is 1. The second-order valence-corrected chi connectivity index (χ2v) is 6.03. The molecule has 1 N–H and O–H groups in total. The lowest BCUT2D eigenvalue weighted by molar-refractivity contribution is -0.174. The summed E-state index contributed by atoms with van der Waals surface area (Å²) in [5, 5.41) is 2.04.